The molecule has 1 fully saturated rings. The van der Waals surface area contributed by atoms with Gasteiger partial charge in [-0.05, 0) is 43.3 Å². The summed E-state index contributed by atoms with van der Waals surface area (Å²) in [6, 6.07) is 5.99. The van der Waals surface area contributed by atoms with Gasteiger partial charge in [-0.3, -0.25) is 14.5 Å². The summed E-state index contributed by atoms with van der Waals surface area (Å²) in [5.74, 6) is -2.68. The number of carbonyl (C=O) groups is 3. The Hall–Kier alpha value is -3.00. The SMILES string of the molecule is COc1ccc(C(=O)CN2C(=O)N[C@](C)(c3cc(F)ccc3F)C2=O)cc1Cl. The van der Waals surface area contributed by atoms with Crippen molar-refractivity contribution < 1.29 is 27.9 Å². The fourth-order valence-corrected chi connectivity index (χ4v) is 3.24. The lowest BCUT2D eigenvalue weighted by Crippen LogP contribution is -2.42. The highest BCUT2D eigenvalue weighted by atomic mass is 35.5. The van der Waals surface area contributed by atoms with Crippen LogP contribution in [0.1, 0.15) is 22.8 Å². The molecule has 1 heterocycles. The van der Waals surface area contributed by atoms with Crippen LogP contribution < -0.4 is 10.1 Å². The van der Waals surface area contributed by atoms with E-state index in [0.29, 0.717) is 10.6 Å². The van der Waals surface area contributed by atoms with Crippen LogP contribution in [0, 0.1) is 11.6 Å². The number of nitrogens with zero attached hydrogens (tertiary/aromatic N) is 1. The molecule has 1 N–H and O–H groups in total. The predicted molar refractivity (Wildman–Crippen MR) is 96.3 cm³/mol. The Bertz CT molecular complexity index is 998. The minimum atomic E-state index is -1.83. The van der Waals surface area contributed by atoms with Crippen molar-refractivity contribution in [1.29, 1.82) is 0 Å². The Kier molecular flexibility index (Phi) is 5.08. The third-order valence-corrected chi connectivity index (χ3v) is 4.81. The van der Waals surface area contributed by atoms with Gasteiger partial charge in [-0.1, -0.05) is 11.6 Å². The third kappa shape index (κ3) is 3.31. The van der Waals surface area contributed by atoms with Crippen molar-refractivity contribution in [3.63, 3.8) is 0 Å². The molecule has 146 valence electrons. The lowest BCUT2D eigenvalue weighted by atomic mass is 9.91. The number of hydrogen-bond donors (Lipinski definition) is 1. The van der Waals surface area contributed by atoms with Crippen molar-refractivity contribution in [2.24, 2.45) is 0 Å². The van der Waals surface area contributed by atoms with Gasteiger partial charge in [0.2, 0.25) is 0 Å². The van der Waals surface area contributed by atoms with Crippen molar-refractivity contribution in [3.05, 3.63) is 64.2 Å². The first kappa shape index (κ1) is 19.8. The second-order valence-electron chi connectivity index (χ2n) is 6.34. The Morgan fingerprint density at radius 1 is 1.21 bits per heavy atom. The van der Waals surface area contributed by atoms with Crippen LogP contribution in [0.3, 0.4) is 0 Å². The summed E-state index contributed by atoms with van der Waals surface area (Å²) in [7, 11) is 1.42. The standard InChI is InChI=1S/C19H15ClF2N2O4/c1-19(12-8-11(21)4-5-14(12)22)17(26)24(18(27)23-19)9-15(25)10-3-6-16(28-2)13(20)7-10/h3-8H,9H2,1-2H3,(H,23,27)/t19-/m1/s1. The first-order valence-electron chi connectivity index (χ1n) is 8.13. The van der Waals surface area contributed by atoms with Gasteiger partial charge in [0.1, 0.15) is 22.9 Å². The van der Waals surface area contributed by atoms with E-state index >= 15 is 0 Å². The van der Waals surface area contributed by atoms with E-state index in [2.05, 4.69) is 5.32 Å². The van der Waals surface area contributed by atoms with Gasteiger partial charge in [-0.2, -0.15) is 0 Å². The van der Waals surface area contributed by atoms with Crippen LogP contribution in [0.5, 0.6) is 5.75 Å². The number of ether oxygens (including phenoxy) is 1. The van der Waals surface area contributed by atoms with Crippen LogP contribution in [0.15, 0.2) is 36.4 Å². The average Bonchev–Trinajstić information content (AvgIpc) is 2.87. The number of methoxy groups -OCH3 is 1. The highest BCUT2D eigenvalue weighted by molar-refractivity contribution is 6.32. The van der Waals surface area contributed by atoms with E-state index in [1.807, 2.05) is 0 Å². The third-order valence-electron chi connectivity index (χ3n) is 4.52. The van der Waals surface area contributed by atoms with E-state index in [1.54, 1.807) is 0 Å². The molecule has 3 amide bonds. The molecule has 28 heavy (non-hydrogen) atoms. The fraction of sp³-hybridized carbons (Fsp3) is 0.211. The van der Waals surface area contributed by atoms with Crippen molar-refractivity contribution in [1.82, 2.24) is 10.2 Å². The largest absolute Gasteiger partial charge is 0.495 e. The van der Waals surface area contributed by atoms with Crippen molar-refractivity contribution in [2.45, 2.75) is 12.5 Å². The predicted octanol–water partition coefficient (Wildman–Crippen LogP) is 3.28. The minimum Gasteiger partial charge on any atom is -0.495 e. The summed E-state index contributed by atoms with van der Waals surface area (Å²) >= 11 is 5.99. The average molecular weight is 409 g/mol. The van der Waals surface area contributed by atoms with Crippen molar-refractivity contribution in [3.8, 4) is 5.75 Å². The summed E-state index contributed by atoms with van der Waals surface area (Å²) in [4.78, 5) is 38.2. The Morgan fingerprint density at radius 3 is 2.57 bits per heavy atom. The number of imide groups is 1. The summed E-state index contributed by atoms with van der Waals surface area (Å²) in [5, 5.41) is 2.53. The van der Waals surface area contributed by atoms with Gasteiger partial charge < -0.3 is 10.1 Å². The van der Waals surface area contributed by atoms with Crippen LogP contribution in [-0.2, 0) is 10.3 Å². The molecule has 2 aromatic carbocycles. The maximum absolute atomic E-state index is 14.2. The number of carbonyl (C=O) groups excluding carboxylic acids is 3. The van der Waals surface area contributed by atoms with Crippen LogP contribution >= 0.6 is 11.6 Å². The molecule has 6 nitrogen and oxygen atoms in total. The zero-order chi connectivity index (χ0) is 20.6. The second kappa shape index (κ2) is 7.20. The summed E-state index contributed by atoms with van der Waals surface area (Å²) in [5.41, 5.74) is -1.99. The van der Waals surface area contributed by atoms with E-state index in [-0.39, 0.29) is 16.1 Å². The maximum Gasteiger partial charge on any atom is 0.325 e. The Morgan fingerprint density at radius 2 is 1.93 bits per heavy atom. The highest BCUT2D eigenvalue weighted by Crippen LogP contribution is 2.31. The van der Waals surface area contributed by atoms with Crippen LogP contribution in [0.4, 0.5) is 13.6 Å². The number of halogens is 3. The van der Waals surface area contributed by atoms with Gasteiger partial charge in [0.15, 0.2) is 5.78 Å². The topological polar surface area (TPSA) is 75.7 Å². The van der Waals surface area contributed by atoms with Crippen LogP contribution in [0.2, 0.25) is 5.02 Å². The van der Waals surface area contributed by atoms with Gasteiger partial charge in [-0.15, -0.1) is 0 Å². The number of Topliss-reactive ketones (excluding diaryl/α,β-unsaturated/α-hetero) is 1. The molecule has 1 atom stereocenters. The van der Waals surface area contributed by atoms with Gasteiger partial charge in [0.25, 0.3) is 5.91 Å². The summed E-state index contributed by atoms with van der Waals surface area (Å²) < 4.78 is 32.7. The molecule has 0 radical (unpaired) electrons. The van der Waals surface area contributed by atoms with E-state index < -0.39 is 41.4 Å². The van der Waals surface area contributed by atoms with Gasteiger partial charge >= 0.3 is 6.03 Å². The number of urea groups is 1. The number of rotatable bonds is 5. The minimum absolute atomic E-state index is 0.164. The summed E-state index contributed by atoms with van der Waals surface area (Å²) in [6.07, 6.45) is 0. The number of ketones is 1. The number of amides is 3. The van der Waals surface area contributed by atoms with Gasteiger partial charge in [-0.25, -0.2) is 13.6 Å². The number of hydrogen-bond acceptors (Lipinski definition) is 4. The second-order valence-corrected chi connectivity index (χ2v) is 6.75. The highest BCUT2D eigenvalue weighted by Gasteiger charge is 2.50. The molecule has 0 saturated carbocycles. The normalized spacial score (nSPS) is 19.0. The smallest absolute Gasteiger partial charge is 0.325 e. The van der Waals surface area contributed by atoms with E-state index in [1.165, 1.54) is 32.2 Å². The molecular formula is C19H15ClF2N2O4. The molecule has 9 heteroatoms. The molecule has 1 aliphatic rings. The van der Waals surface area contributed by atoms with Gasteiger partial charge in [0.05, 0.1) is 18.7 Å². The zero-order valence-electron chi connectivity index (χ0n) is 14.9. The number of nitrogens with one attached hydrogen (secondary N) is 1. The molecule has 0 unspecified atom stereocenters. The van der Waals surface area contributed by atoms with E-state index in [0.717, 1.165) is 18.2 Å². The fourth-order valence-electron chi connectivity index (χ4n) is 2.98. The van der Waals surface area contributed by atoms with E-state index in [9.17, 15) is 23.2 Å². The van der Waals surface area contributed by atoms with Gasteiger partial charge in [0, 0.05) is 11.1 Å². The Labute approximate surface area is 164 Å². The molecule has 1 aliphatic heterocycles. The summed E-state index contributed by atoms with van der Waals surface area (Å²) in [6.45, 7) is 0.666. The van der Waals surface area contributed by atoms with Crippen LogP contribution in [-0.4, -0.2) is 36.3 Å². The molecule has 1 saturated heterocycles. The first-order chi connectivity index (χ1) is 13.2. The molecule has 0 aliphatic carbocycles. The lowest BCUT2D eigenvalue weighted by Gasteiger charge is -2.22. The van der Waals surface area contributed by atoms with Crippen molar-refractivity contribution >= 4 is 29.3 Å². The number of benzene rings is 2. The molecule has 0 spiro atoms. The quantitative estimate of drug-likeness (QED) is 0.608. The molecular weight excluding hydrogens is 394 g/mol. The molecule has 3 rings (SSSR count). The molecule has 2 aromatic rings. The van der Waals surface area contributed by atoms with E-state index in [4.69, 9.17) is 16.3 Å². The maximum atomic E-state index is 14.2. The monoisotopic (exact) mass is 408 g/mol. The zero-order valence-corrected chi connectivity index (χ0v) is 15.6. The lowest BCUT2D eigenvalue weighted by molar-refractivity contribution is -0.130. The van der Waals surface area contributed by atoms with Crippen molar-refractivity contribution in [2.75, 3.05) is 13.7 Å². The Balaban J connectivity index is 1.87. The van der Waals surface area contributed by atoms with Crippen LogP contribution in [0.25, 0.3) is 0 Å². The molecule has 0 bridgehead atoms. The first-order valence-corrected chi connectivity index (χ1v) is 8.51. The molecule has 0 aromatic heterocycles.